The summed E-state index contributed by atoms with van der Waals surface area (Å²) in [5.74, 6) is 0.747. The molecule has 0 spiro atoms. The van der Waals surface area contributed by atoms with Crippen molar-refractivity contribution in [3.63, 3.8) is 0 Å². The number of nitrogens with zero attached hydrogens (tertiary/aromatic N) is 3. The normalized spacial score (nSPS) is 16.4. The van der Waals surface area contributed by atoms with Gasteiger partial charge in [-0.2, -0.15) is 9.40 Å². The second kappa shape index (κ2) is 8.59. The molecule has 3 aromatic rings. The van der Waals surface area contributed by atoms with Gasteiger partial charge in [-0.3, -0.25) is 4.79 Å². The first-order valence-electron chi connectivity index (χ1n) is 11.0. The molecule has 172 valence electrons. The lowest BCUT2D eigenvalue weighted by molar-refractivity contribution is 0.102. The van der Waals surface area contributed by atoms with E-state index >= 15 is 0 Å². The van der Waals surface area contributed by atoms with E-state index in [-0.39, 0.29) is 15.5 Å². The monoisotopic (exact) mass is 484 g/mol. The number of anilines is 1. The summed E-state index contributed by atoms with van der Waals surface area (Å²) < 4.78 is 30.0. The number of aryl methyl sites for hydroxylation is 1. The molecule has 1 amide bonds. The summed E-state index contributed by atoms with van der Waals surface area (Å²) in [5, 5.41) is 7.45. The van der Waals surface area contributed by atoms with Crippen molar-refractivity contribution in [2.75, 3.05) is 11.9 Å². The zero-order valence-electron chi connectivity index (χ0n) is 18.3. The second-order valence-electron chi connectivity index (χ2n) is 8.75. The van der Waals surface area contributed by atoms with Crippen LogP contribution in [0.5, 0.6) is 0 Å². The smallest absolute Gasteiger partial charge is 0.258 e. The van der Waals surface area contributed by atoms with Gasteiger partial charge in [0.15, 0.2) is 0 Å². The predicted octanol–water partition coefficient (Wildman–Crippen LogP) is 4.25. The molecule has 9 heteroatoms. The fourth-order valence-electron chi connectivity index (χ4n) is 4.16. The van der Waals surface area contributed by atoms with Crippen LogP contribution < -0.4 is 5.32 Å². The maximum Gasteiger partial charge on any atom is 0.258 e. The Hall–Kier alpha value is -2.68. The maximum absolute atomic E-state index is 13.4. The summed E-state index contributed by atoms with van der Waals surface area (Å²) in [6.07, 6.45) is 4.70. The summed E-state index contributed by atoms with van der Waals surface area (Å²) in [6.45, 7) is 3.33. The van der Waals surface area contributed by atoms with Crippen LogP contribution in [0.15, 0.2) is 53.6 Å². The number of hydrogen-bond acceptors (Lipinski definition) is 4. The molecule has 1 fully saturated rings. The van der Waals surface area contributed by atoms with E-state index in [2.05, 4.69) is 10.4 Å². The lowest BCUT2D eigenvalue weighted by Gasteiger charge is -2.28. The summed E-state index contributed by atoms with van der Waals surface area (Å²) in [4.78, 5) is 13.2. The number of rotatable bonds is 6. The molecule has 0 radical (unpaired) electrons. The standard InChI is InChI=1S/C24H25ClN4O3S/c1-16-13-26-29(14-17-6-7-17)23(16)27-24(30)21-12-20(8-9-22(21)25)33(31,32)28-11-10-18-4-2-3-5-19(18)15-28/h2-5,8-9,12-13,17H,6-7,10-11,14-15H2,1H3,(H,27,30). The van der Waals surface area contributed by atoms with Crippen molar-refractivity contribution in [3.8, 4) is 0 Å². The molecule has 5 rings (SSSR count). The van der Waals surface area contributed by atoms with Crippen LogP contribution >= 0.6 is 11.6 Å². The lowest BCUT2D eigenvalue weighted by atomic mass is 10.0. The number of nitrogens with one attached hydrogen (secondary N) is 1. The predicted molar refractivity (Wildman–Crippen MR) is 127 cm³/mol. The van der Waals surface area contributed by atoms with Crippen LogP contribution in [0, 0.1) is 12.8 Å². The molecule has 0 unspecified atom stereocenters. The zero-order chi connectivity index (χ0) is 23.2. The SMILES string of the molecule is Cc1cnn(CC2CC2)c1NC(=O)c1cc(S(=O)(=O)N2CCc3ccccc3C2)ccc1Cl. The molecule has 7 nitrogen and oxygen atoms in total. The van der Waals surface area contributed by atoms with Crippen molar-refractivity contribution in [1.29, 1.82) is 0 Å². The first-order chi connectivity index (χ1) is 15.8. The number of benzene rings is 2. The third-order valence-electron chi connectivity index (χ3n) is 6.30. The van der Waals surface area contributed by atoms with Gasteiger partial charge in [0.25, 0.3) is 5.91 Å². The zero-order valence-corrected chi connectivity index (χ0v) is 19.9. The van der Waals surface area contributed by atoms with E-state index in [4.69, 9.17) is 11.6 Å². The third kappa shape index (κ3) is 4.43. The van der Waals surface area contributed by atoms with Gasteiger partial charge in [0.2, 0.25) is 10.0 Å². The number of carbonyl (C=O) groups is 1. The minimum atomic E-state index is -3.79. The molecule has 2 heterocycles. The van der Waals surface area contributed by atoms with Crippen LogP contribution in [0.1, 0.15) is 39.9 Å². The van der Waals surface area contributed by atoms with Gasteiger partial charge in [-0.25, -0.2) is 13.1 Å². The summed E-state index contributed by atoms with van der Waals surface area (Å²) in [5.41, 5.74) is 3.13. The topological polar surface area (TPSA) is 84.3 Å². The van der Waals surface area contributed by atoms with E-state index in [0.29, 0.717) is 31.2 Å². The molecule has 2 aliphatic rings. The highest BCUT2D eigenvalue weighted by Gasteiger charge is 2.30. The van der Waals surface area contributed by atoms with E-state index in [9.17, 15) is 13.2 Å². The molecule has 0 bridgehead atoms. The highest BCUT2D eigenvalue weighted by Crippen LogP contribution is 2.32. The Bertz CT molecular complexity index is 1330. The molecule has 1 aliphatic carbocycles. The Morgan fingerprint density at radius 1 is 1.18 bits per heavy atom. The number of fused-ring (bicyclic) bond motifs is 1. The van der Waals surface area contributed by atoms with Gasteiger partial charge in [-0.05, 0) is 61.4 Å². The Morgan fingerprint density at radius 3 is 2.70 bits per heavy atom. The second-order valence-corrected chi connectivity index (χ2v) is 11.1. The molecule has 0 saturated heterocycles. The number of amides is 1. The van der Waals surface area contributed by atoms with Crippen LogP contribution in [0.25, 0.3) is 0 Å². The summed E-state index contributed by atoms with van der Waals surface area (Å²) >= 11 is 6.32. The van der Waals surface area contributed by atoms with E-state index in [0.717, 1.165) is 17.7 Å². The maximum atomic E-state index is 13.4. The van der Waals surface area contributed by atoms with E-state index in [1.54, 1.807) is 10.9 Å². The summed E-state index contributed by atoms with van der Waals surface area (Å²) in [7, 11) is -3.79. The van der Waals surface area contributed by atoms with Crippen LogP contribution in [0.2, 0.25) is 5.02 Å². The highest BCUT2D eigenvalue weighted by molar-refractivity contribution is 7.89. The van der Waals surface area contributed by atoms with Crippen LogP contribution in [0.4, 0.5) is 5.82 Å². The number of carbonyl (C=O) groups excluding carboxylic acids is 1. The van der Waals surface area contributed by atoms with Crippen molar-refractivity contribution in [1.82, 2.24) is 14.1 Å². The Morgan fingerprint density at radius 2 is 1.94 bits per heavy atom. The van der Waals surface area contributed by atoms with Gasteiger partial charge in [-0.15, -0.1) is 0 Å². The Kier molecular flexibility index (Phi) is 5.76. The Balaban J connectivity index is 1.40. The van der Waals surface area contributed by atoms with Crippen molar-refractivity contribution in [2.24, 2.45) is 5.92 Å². The average Bonchev–Trinajstić information content (AvgIpc) is 3.57. The number of aromatic nitrogens is 2. The number of sulfonamides is 1. The van der Waals surface area contributed by atoms with E-state index in [1.165, 1.54) is 40.9 Å². The molecular weight excluding hydrogens is 460 g/mol. The van der Waals surface area contributed by atoms with E-state index in [1.807, 2.05) is 31.2 Å². The van der Waals surface area contributed by atoms with Gasteiger partial charge in [0.05, 0.1) is 21.7 Å². The van der Waals surface area contributed by atoms with E-state index < -0.39 is 15.9 Å². The molecular formula is C24H25ClN4O3S. The Labute approximate surface area is 198 Å². The minimum Gasteiger partial charge on any atom is -0.307 e. The molecule has 33 heavy (non-hydrogen) atoms. The van der Waals surface area contributed by atoms with Gasteiger partial charge >= 0.3 is 0 Å². The van der Waals surface area contributed by atoms with Gasteiger partial charge in [0, 0.05) is 25.2 Å². The average molecular weight is 485 g/mol. The van der Waals surface area contributed by atoms with Gasteiger partial charge in [0.1, 0.15) is 5.82 Å². The lowest BCUT2D eigenvalue weighted by Crippen LogP contribution is -2.36. The van der Waals surface area contributed by atoms with Gasteiger partial charge in [-0.1, -0.05) is 35.9 Å². The molecule has 1 aliphatic heterocycles. The van der Waals surface area contributed by atoms with Crippen molar-refractivity contribution in [3.05, 3.63) is 75.9 Å². The summed E-state index contributed by atoms with van der Waals surface area (Å²) in [6, 6.07) is 12.1. The van der Waals surface area contributed by atoms with Gasteiger partial charge < -0.3 is 5.32 Å². The molecule has 1 saturated carbocycles. The first-order valence-corrected chi connectivity index (χ1v) is 12.8. The molecule has 2 aromatic carbocycles. The number of hydrogen-bond donors (Lipinski definition) is 1. The first kappa shape index (κ1) is 22.1. The third-order valence-corrected chi connectivity index (χ3v) is 8.47. The fourth-order valence-corrected chi connectivity index (χ4v) is 5.81. The highest BCUT2D eigenvalue weighted by atomic mass is 35.5. The molecule has 0 atom stereocenters. The van der Waals surface area contributed by atoms with Crippen LogP contribution in [-0.2, 0) is 29.5 Å². The number of halogens is 1. The van der Waals surface area contributed by atoms with Crippen molar-refractivity contribution < 1.29 is 13.2 Å². The molecule has 1 N–H and O–H groups in total. The minimum absolute atomic E-state index is 0.0552. The molecule has 1 aromatic heterocycles. The van der Waals surface area contributed by atoms with Crippen LogP contribution in [-0.4, -0.2) is 35.0 Å². The van der Waals surface area contributed by atoms with Crippen molar-refractivity contribution >= 4 is 33.3 Å². The largest absolute Gasteiger partial charge is 0.307 e. The quantitative estimate of drug-likeness (QED) is 0.566. The van der Waals surface area contributed by atoms with Crippen molar-refractivity contribution in [2.45, 2.75) is 44.2 Å². The van der Waals surface area contributed by atoms with Crippen LogP contribution in [0.3, 0.4) is 0 Å². The fraction of sp³-hybridized carbons (Fsp3) is 0.333.